The van der Waals surface area contributed by atoms with Gasteiger partial charge in [-0.15, -0.1) is 0 Å². The van der Waals surface area contributed by atoms with Gasteiger partial charge in [0.25, 0.3) is 0 Å². The molecule has 0 radical (unpaired) electrons. The SMILES string of the molecule is CC(C)(C)C(NC(=O)OCC1c2ccccc2-c2ccccc21)C(=O)F. The maximum absolute atomic E-state index is 13.2. The van der Waals surface area contributed by atoms with Gasteiger partial charge in [0.2, 0.25) is 0 Å². The summed E-state index contributed by atoms with van der Waals surface area (Å²) in [5, 5.41) is 2.34. The van der Waals surface area contributed by atoms with E-state index in [0.29, 0.717) is 0 Å². The highest BCUT2D eigenvalue weighted by molar-refractivity contribution is 5.82. The molecular weight excluding hydrogens is 333 g/mol. The fraction of sp³-hybridized carbons (Fsp3) is 0.333. The summed E-state index contributed by atoms with van der Waals surface area (Å²) < 4.78 is 18.6. The van der Waals surface area contributed by atoms with E-state index < -0.39 is 23.6 Å². The molecule has 1 amide bonds. The minimum absolute atomic E-state index is 0.0812. The van der Waals surface area contributed by atoms with E-state index in [9.17, 15) is 14.0 Å². The first-order chi connectivity index (χ1) is 12.3. The third-order valence-corrected chi connectivity index (χ3v) is 4.70. The number of alkyl carbamates (subject to hydrolysis) is 1. The monoisotopic (exact) mass is 355 g/mol. The number of fused-ring (bicyclic) bond motifs is 3. The van der Waals surface area contributed by atoms with Gasteiger partial charge in [0.15, 0.2) is 0 Å². The molecule has 1 unspecified atom stereocenters. The quantitative estimate of drug-likeness (QED) is 0.825. The molecule has 1 atom stereocenters. The Kier molecular flexibility index (Phi) is 4.81. The number of halogens is 1. The van der Waals surface area contributed by atoms with Crippen molar-refractivity contribution in [3.8, 4) is 11.1 Å². The first kappa shape index (κ1) is 18.1. The summed E-state index contributed by atoms with van der Waals surface area (Å²) in [6.07, 6.45) is -0.794. The van der Waals surface area contributed by atoms with Crippen molar-refractivity contribution in [3.63, 3.8) is 0 Å². The van der Waals surface area contributed by atoms with Gasteiger partial charge in [-0.1, -0.05) is 69.3 Å². The van der Waals surface area contributed by atoms with Crippen molar-refractivity contribution in [2.75, 3.05) is 6.61 Å². The van der Waals surface area contributed by atoms with Gasteiger partial charge in [-0.25, -0.2) is 4.79 Å². The van der Waals surface area contributed by atoms with Crippen LogP contribution < -0.4 is 5.32 Å². The number of hydrogen-bond donors (Lipinski definition) is 1. The van der Waals surface area contributed by atoms with Crippen LogP contribution in [0.5, 0.6) is 0 Å². The molecule has 1 aliphatic carbocycles. The second-order valence-corrected chi connectivity index (χ2v) is 7.57. The first-order valence-electron chi connectivity index (χ1n) is 8.60. The summed E-state index contributed by atoms with van der Waals surface area (Å²) in [5.74, 6) is -0.0812. The Morgan fingerprint density at radius 3 is 2.00 bits per heavy atom. The number of carbonyl (C=O) groups is 2. The van der Waals surface area contributed by atoms with Gasteiger partial charge < -0.3 is 10.1 Å². The molecule has 0 saturated carbocycles. The maximum Gasteiger partial charge on any atom is 0.407 e. The zero-order valence-electron chi connectivity index (χ0n) is 15.1. The lowest BCUT2D eigenvalue weighted by atomic mass is 9.87. The topological polar surface area (TPSA) is 55.4 Å². The minimum atomic E-state index is -1.58. The molecule has 5 heteroatoms. The Morgan fingerprint density at radius 2 is 1.54 bits per heavy atom. The molecule has 0 fully saturated rings. The number of benzene rings is 2. The van der Waals surface area contributed by atoms with Gasteiger partial charge in [0.1, 0.15) is 12.6 Å². The van der Waals surface area contributed by atoms with Crippen molar-refractivity contribution in [1.82, 2.24) is 5.32 Å². The van der Waals surface area contributed by atoms with E-state index in [0.717, 1.165) is 22.3 Å². The number of nitrogens with one attached hydrogen (secondary N) is 1. The molecule has 1 aliphatic rings. The molecule has 0 spiro atoms. The molecule has 0 bridgehead atoms. The van der Waals surface area contributed by atoms with Crippen molar-refractivity contribution in [2.45, 2.75) is 32.7 Å². The van der Waals surface area contributed by atoms with Crippen LogP contribution in [0.1, 0.15) is 37.8 Å². The molecular formula is C21H22FNO3. The van der Waals surface area contributed by atoms with Crippen LogP contribution in [-0.4, -0.2) is 24.8 Å². The minimum Gasteiger partial charge on any atom is -0.449 e. The summed E-state index contributed by atoms with van der Waals surface area (Å²) in [6.45, 7) is 5.16. The van der Waals surface area contributed by atoms with Gasteiger partial charge in [-0.2, -0.15) is 4.39 Å². The summed E-state index contributed by atoms with van der Waals surface area (Å²) in [5.41, 5.74) is 3.70. The van der Waals surface area contributed by atoms with Crippen molar-refractivity contribution in [3.05, 3.63) is 59.7 Å². The van der Waals surface area contributed by atoms with E-state index in [1.54, 1.807) is 20.8 Å². The molecule has 26 heavy (non-hydrogen) atoms. The highest BCUT2D eigenvalue weighted by Gasteiger charge is 2.34. The largest absolute Gasteiger partial charge is 0.449 e. The van der Waals surface area contributed by atoms with Crippen LogP contribution in [0.25, 0.3) is 11.1 Å². The molecule has 3 rings (SSSR count). The second-order valence-electron chi connectivity index (χ2n) is 7.57. The van der Waals surface area contributed by atoms with E-state index in [2.05, 4.69) is 5.32 Å². The number of carbonyl (C=O) groups excluding carboxylic acids is 2. The fourth-order valence-corrected chi connectivity index (χ4v) is 3.37. The van der Waals surface area contributed by atoms with E-state index in [-0.39, 0.29) is 12.5 Å². The van der Waals surface area contributed by atoms with Crippen molar-refractivity contribution >= 4 is 12.1 Å². The summed E-state index contributed by atoms with van der Waals surface area (Å²) >= 11 is 0. The standard InChI is InChI=1S/C21H22FNO3/c1-21(2,3)18(19(22)24)23-20(25)26-12-17-15-10-6-4-8-13(15)14-9-5-7-11-16(14)17/h4-11,17-18H,12H2,1-3H3,(H,23,25). The average Bonchev–Trinajstić information content (AvgIpc) is 2.91. The Morgan fingerprint density at radius 1 is 1.04 bits per heavy atom. The van der Waals surface area contributed by atoms with Crippen LogP contribution in [0.3, 0.4) is 0 Å². The molecule has 136 valence electrons. The van der Waals surface area contributed by atoms with Gasteiger partial charge in [-0.05, 0) is 27.7 Å². The molecule has 2 aromatic rings. The average molecular weight is 355 g/mol. The number of ether oxygens (including phenoxy) is 1. The molecule has 2 aromatic carbocycles. The maximum atomic E-state index is 13.2. The molecule has 0 saturated heterocycles. The fourth-order valence-electron chi connectivity index (χ4n) is 3.37. The molecule has 0 heterocycles. The van der Waals surface area contributed by atoms with Crippen molar-refractivity contribution in [2.24, 2.45) is 5.41 Å². The van der Waals surface area contributed by atoms with Crippen LogP contribution in [0.15, 0.2) is 48.5 Å². The summed E-state index contributed by atoms with van der Waals surface area (Å²) in [7, 11) is 0. The van der Waals surface area contributed by atoms with Gasteiger partial charge in [0, 0.05) is 5.92 Å². The predicted molar refractivity (Wildman–Crippen MR) is 97.6 cm³/mol. The highest BCUT2D eigenvalue weighted by atomic mass is 19.1. The Labute approximate surface area is 152 Å². The third-order valence-electron chi connectivity index (χ3n) is 4.70. The van der Waals surface area contributed by atoms with Gasteiger partial charge in [0.05, 0.1) is 0 Å². The van der Waals surface area contributed by atoms with Gasteiger partial charge in [-0.3, -0.25) is 4.79 Å². The van der Waals surface area contributed by atoms with Crippen molar-refractivity contribution < 1.29 is 18.7 Å². The molecule has 0 aliphatic heterocycles. The van der Waals surface area contributed by atoms with Gasteiger partial charge >= 0.3 is 12.1 Å². The van der Waals surface area contributed by atoms with E-state index in [4.69, 9.17) is 4.74 Å². The summed E-state index contributed by atoms with van der Waals surface area (Å²) in [4.78, 5) is 23.3. The first-order valence-corrected chi connectivity index (χ1v) is 8.60. The van der Waals surface area contributed by atoms with Crippen LogP contribution in [0.4, 0.5) is 9.18 Å². The zero-order chi connectivity index (χ0) is 18.9. The normalized spacial score (nSPS) is 14.3. The Balaban J connectivity index is 1.74. The smallest absolute Gasteiger partial charge is 0.407 e. The predicted octanol–water partition coefficient (Wildman–Crippen LogP) is 4.44. The number of rotatable bonds is 4. The van der Waals surface area contributed by atoms with Crippen LogP contribution in [0, 0.1) is 5.41 Å². The van der Waals surface area contributed by atoms with Crippen LogP contribution in [0.2, 0.25) is 0 Å². The lowest BCUT2D eigenvalue weighted by molar-refractivity contribution is -0.134. The Bertz CT molecular complexity index is 796. The second kappa shape index (κ2) is 6.90. The lowest BCUT2D eigenvalue weighted by Gasteiger charge is -2.27. The Hall–Kier alpha value is -2.69. The molecule has 0 aromatic heterocycles. The number of amides is 1. The highest BCUT2D eigenvalue weighted by Crippen LogP contribution is 2.44. The van der Waals surface area contributed by atoms with E-state index >= 15 is 0 Å². The third kappa shape index (κ3) is 3.47. The summed E-state index contributed by atoms with van der Waals surface area (Å²) in [6, 6.07) is 13.2. The van der Waals surface area contributed by atoms with Crippen molar-refractivity contribution in [1.29, 1.82) is 0 Å². The van der Waals surface area contributed by atoms with E-state index in [1.807, 2.05) is 48.5 Å². The van der Waals surface area contributed by atoms with Crippen LogP contribution >= 0.6 is 0 Å². The lowest BCUT2D eigenvalue weighted by Crippen LogP contribution is -2.48. The zero-order valence-corrected chi connectivity index (χ0v) is 15.1. The van der Waals surface area contributed by atoms with Crippen LogP contribution in [-0.2, 0) is 9.53 Å². The molecule has 1 N–H and O–H groups in total. The molecule has 4 nitrogen and oxygen atoms in total. The van der Waals surface area contributed by atoms with E-state index in [1.165, 1.54) is 0 Å². The number of hydrogen-bond acceptors (Lipinski definition) is 3.